The molecule has 152 valence electrons. The summed E-state index contributed by atoms with van der Waals surface area (Å²) in [6, 6.07) is 16.5. The molecule has 1 aliphatic rings. The summed E-state index contributed by atoms with van der Waals surface area (Å²) in [5, 5.41) is 0. The lowest BCUT2D eigenvalue weighted by Gasteiger charge is -2.25. The van der Waals surface area contributed by atoms with Crippen LogP contribution in [0.25, 0.3) is 0 Å². The first-order valence-corrected chi connectivity index (χ1v) is 9.46. The number of esters is 1. The van der Waals surface area contributed by atoms with Crippen molar-refractivity contribution in [3.05, 3.63) is 60.2 Å². The molecule has 0 fully saturated rings. The van der Waals surface area contributed by atoms with Gasteiger partial charge in [0.2, 0.25) is 5.91 Å². The zero-order valence-electron chi connectivity index (χ0n) is 16.5. The highest BCUT2D eigenvalue weighted by Crippen LogP contribution is 2.30. The molecule has 0 saturated carbocycles. The first kappa shape index (κ1) is 20.4. The standard InChI is InChI=1S/C22H24N2O5/c1-16(17-8-4-3-5-9-17)23(2)21(26)15-29-22(27)14-24-18-10-6-7-11-19(18)28-13-12-20(24)25/h3-11,16H,12-15H2,1-2H3/t16-/m1/s1. The van der Waals surface area contributed by atoms with Crippen LogP contribution in [0.5, 0.6) is 5.75 Å². The second kappa shape index (κ2) is 9.23. The van der Waals surface area contributed by atoms with Gasteiger partial charge in [-0.2, -0.15) is 0 Å². The Morgan fingerprint density at radius 3 is 2.59 bits per heavy atom. The number of hydrogen-bond donors (Lipinski definition) is 0. The van der Waals surface area contributed by atoms with E-state index in [4.69, 9.17) is 9.47 Å². The molecule has 29 heavy (non-hydrogen) atoms. The van der Waals surface area contributed by atoms with Crippen molar-refractivity contribution >= 4 is 23.5 Å². The number of hydrogen-bond acceptors (Lipinski definition) is 5. The van der Waals surface area contributed by atoms with Crippen LogP contribution in [0.15, 0.2) is 54.6 Å². The van der Waals surface area contributed by atoms with Gasteiger partial charge in [-0.25, -0.2) is 0 Å². The summed E-state index contributed by atoms with van der Waals surface area (Å²) < 4.78 is 10.7. The van der Waals surface area contributed by atoms with Gasteiger partial charge in [-0.3, -0.25) is 19.3 Å². The summed E-state index contributed by atoms with van der Waals surface area (Å²) in [5.41, 5.74) is 1.51. The van der Waals surface area contributed by atoms with Crippen molar-refractivity contribution in [1.29, 1.82) is 0 Å². The lowest BCUT2D eigenvalue weighted by atomic mass is 10.1. The lowest BCUT2D eigenvalue weighted by molar-refractivity contribution is -0.151. The number of likely N-dealkylation sites (N-methyl/N-ethyl adjacent to an activating group) is 1. The van der Waals surface area contributed by atoms with Gasteiger partial charge in [-0.15, -0.1) is 0 Å². The van der Waals surface area contributed by atoms with Gasteiger partial charge in [0.05, 0.1) is 24.8 Å². The Kier molecular flexibility index (Phi) is 6.49. The Morgan fingerprint density at radius 1 is 1.14 bits per heavy atom. The van der Waals surface area contributed by atoms with Gasteiger partial charge in [0, 0.05) is 7.05 Å². The zero-order chi connectivity index (χ0) is 20.8. The fourth-order valence-corrected chi connectivity index (χ4v) is 3.08. The van der Waals surface area contributed by atoms with Crippen molar-refractivity contribution < 1.29 is 23.9 Å². The molecule has 0 N–H and O–H groups in total. The number of carbonyl (C=O) groups excluding carboxylic acids is 3. The van der Waals surface area contributed by atoms with Crippen LogP contribution in [0.4, 0.5) is 5.69 Å². The largest absolute Gasteiger partial charge is 0.491 e. The molecule has 0 radical (unpaired) electrons. The van der Waals surface area contributed by atoms with Gasteiger partial charge in [0.25, 0.3) is 5.91 Å². The molecule has 2 aromatic rings. The SMILES string of the molecule is C[C@H](c1ccccc1)N(C)C(=O)COC(=O)CN1C(=O)CCOc2ccccc21. The summed E-state index contributed by atoms with van der Waals surface area (Å²) in [5.74, 6) is -0.656. The highest BCUT2D eigenvalue weighted by atomic mass is 16.5. The predicted molar refractivity (Wildman–Crippen MR) is 107 cm³/mol. The van der Waals surface area contributed by atoms with Crippen LogP contribution in [-0.2, 0) is 19.1 Å². The van der Waals surface area contributed by atoms with E-state index in [2.05, 4.69) is 0 Å². The van der Waals surface area contributed by atoms with E-state index in [-0.39, 0.29) is 44.0 Å². The first-order valence-electron chi connectivity index (χ1n) is 9.46. The Balaban J connectivity index is 1.58. The summed E-state index contributed by atoms with van der Waals surface area (Å²) in [6.45, 7) is 1.50. The van der Waals surface area contributed by atoms with Crippen molar-refractivity contribution in [1.82, 2.24) is 4.90 Å². The van der Waals surface area contributed by atoms with Gasteiger partial charge < -0.3 is 14.4 Å². The lowest BCUT2D eigenvalue weighted by Crippen LogP contribution is -2.38. The van der Waals surface area contributed by atoms with E-state index >= 15 is 0 Å². The average molecular weight is 396 g/mol. The molecule has 2 amide bonds. The molecule has 3 rings (SSSR count). The van der Waals surface area contributed by atoms with Crippen LogP contribution in [0.1, 0.15) is 24.9 Å². The van der Waals surface area contributed by atoms with E-state index in [9.17, 15) is 14.4 Å². The highest BCUT2D eigenvalue weighted by Gasteiger charge is 2.26. The molecular weight excluding hydrogens is 372 g/mol. The van der Waals surface area contributed by atoms with Crippen molar-refractivity contribution in [3.8, 4) is 5.75 Å². The maximum Gasteiger partial charge on any atom is 0.326 e. The molecule has 1 heterocycles. The van der Waals surface area contributed by atoms with Crippen LogP contribution in [0.3, 0.4) is 0 Å². The Morgan fingerprint density at radius 2 is 1.83 bits per heavy atom. The van der Waals surface area contributed by atoms with Crippen LogP contribution in [0, 0.1) is 0 Å². The van der Waals surface area contributed by atoms with Crippen LogP contribution in [0.2, 0.25) is 0 Å². The maximum atomic E-state index is 12.4. The minimum atomic E-state index is -0.649. The molecule has 0 aliphatic carbocycles. The van der Waals surface area contributed by atoms with Gasteiger partial charge >= 0.3 is 5.97 Å². The van der Waals surface area contributed by atoms with Gasteiger partial charge in [0.15, 0.2) is 6.61 Å². The van der Waals surface area contributed by atoms with E-state index < -0.39 is 5.97 Å². The monoisotopic (exact) mass is 396 g/mol. The van der Waals surface area contributed by atoms with Crippen molar-refractivity contribution in [2.45, 2.75) is 19.4 Å². The Bertz CT molecular complexity index is 884. The average Bonchev–Trinajstić information content (AvgIpc) is 2.90. The molecular formula is C22H24N2O5. The Labute approximate surface area is 169 Å². The number of rotatable bonds is 6. The van der Waals surface area contributed by atoms with Crippen molar-refractivity contribution in [3.63, 3.8) is 0 Å². The molecule has 0 bridgehead atoms. The van der Waals surface area contributed by atoms with E-state index in [0.29, 0.717) is 11.4 Å². The number of para-hydroxylation sites is 2. The molecule has 7 heteroatoms. The second-order valence-corrected chi connectivity index (χ2v) is 6.80. The van der Waals surface area contributed by atoms with Crippen LogP contribution < -0.4 is 9.64 Å². The number of fused-ring (bicyclic) bond motifs is 1. The van der Waals surface area contributed by atoms with Gasteiger partial charge in [0.1, 0.15) is 12.3 Å². The minimum absolute atomic E-state index is 0.154. The quantitative estimate of drug-likeness (QED) is 0.702. The van der Waals surface area contributed by atoms with Crippen LogP contribution >= 0.6 is 0 Å². The number of benzene rings is 2. The third kappa shape index (κ3) is 4.93. The molecule has 0 unspecified atom stereocenters. The first-order chi connectivity index (χ1) is 14.0. The fourth-order valence-electron chi connectivity index (χ4n) is 3.08. The normalized spacial score (nSPS) is 14.3. The third-order valence-corrected chi connectivity index (χ3v) is 4.93. The number of ether oxygens (including phenoxy) is 2. The second-order valence-electron chi connectivity index (χ2n) is 6.80. The molecule has 1 atom stereocenters. The van der Waals surface area contributed by atoms with Gasteiger partial charge in [-0.05, 0) is 24.6 Å². The van der Waals surface area contributed by atoms with Crippen molar-refractivity contribution in [2.75, 3.05) is 31.7 Å². The van der Waals surface area contributed by atoms with E-state index in [1.54, 1.807) is 31.3 Å². The fraction of sp³-hybridized carbons (Fsp3) is 0.318. The topological polar surface area (TPSA) is 76.2 Å². The number of amides is 2. The summed E-state index contributed by atoms with van der Waals surface area (Å²) in [4.78, 5) is 40.0. The van der Waals surface area contributed by atoms with Crippen molar-refractivity contribution in [2.24, 2.45) is 0 Å². The van der Waals surface area contributed by atoms with Crippen LogP contribution in [-0.4, -0.2) is 49.5 Å². The number of nitrogens with zero attached hydrogens (tertiary/aromatic N) is 2. The van der Waals surface area contributed by atoms with E-state index in [1.807, 2.05) is 37.3 Å². The smallest absolute Gasteiger partial charge is 0.326 e. The minimum Gasteiger partial charge on any atom is -0.491 e. The molecule has 1 aliphatic heterocycles. The zero-order valence-corrected chi connectivity index (χ0v) is 16.5. The number of anilines is 1. The van der Waals surface area contributed by atoms with E-state index in [1.165, 1.54) is 9.80 Å². The summed E-state index contributed by atoms with van der Waals surface area (Å²) >= 11 is 0. The summed E-state index contributed by atoms with van der Waals surface area (Å²) in [6.07, 6.45) is 0.165. The molecule has 0 spiro atoms. The molecule has 0 aromatic heterocycles. The molecule has 7 nitrogen and oxygen atoms in total. The summed E-state index contributed by atoms with van der Waals surface area (Å²) in [7, 11) is 1.67. The Hall–Kier alpha value is -3.35. The van der Waals surface area contributed by atoms with E-state index in [0.717, 1.165) is 5.56 Å². The van der Waals surface area contributed by atoms with Gasteiger partial charge in [-0.1, -0.05) is 42.5 Å². The molecule has 2 aromatic carbocycles. The highest BCUT2D eigenvalue weighted by molar-refractivity contribution is 5.99. The number of carbonyl (C=O) groups is 3. The maximum absolute atomic E-state index is 12.4. The third-order valence-electron chi connectivity index (χ3n) is 4.93. The molecule has 0 saturated heterocycles. The predicted octanol–water partition coefficient (Wildman–Crippen LogP) is 2.56.